The van der Waals surface area contributed by atoms with Gasteiger partial charge in [0.2, 0.25) is 0 Å². The first-order chi connectivity index (χ1) is 10.5. The molecule has 5 heteroatoms. The van der Waals surface area contributed by atoms with Crippen molar-refractivity contribution < 1.29 is 9.53 Å². The number of nitrogens with one attached hydrogen (secondary N) is 1. The molecule has 1 N–H and O–H groups in total. The zero-order valence-electron chi connectivity index (χ0n) is 12.7. The first-order valence-electron chi connectivity index (χ1n) is 7.43. The summed E-state index contributed by atoms with van der Waals surface area (Å²) >= 11 is 6.06. The predicted octanol–water partition coefficient (Wildman–Crippen LogP) is 3.59. The Bertz CT molecular complexity index is 804. The van der Waals surface area contributed by atoms with Gasteiger partial charge in [0, 0.05) is 46.4 Å². The smallest absolute Gasteiger partial charge is 0.192 e. The Morgan fingerprint density at radius 2 is 2.00 bits per heavy atom. The number of carbonyl (C=O) groups excluding carboxylic acids is 1. The van der Waals surface area contributed by atoms with Crippen molar-refractivity contribution >= 4 is 28.3 Å². The minimum absolute atomic E-state index is 0.0553. The van der Waals surface area contributed by atoms with Crippen LogP contribution in [0.3, 0.4) is 0 Å². The molecule has 22 heavy (non-hydrogen) atoms. The van der Waals surface area contributed by atoms with Gasteiger partial charge in [0.1, 0.15) is 0 Å². The first kappa shape index (κ1) is 15.3. The fourth-order valence-corrected chi connectivity index (χ4v) is 3.36. The van der Waals surface area contributed by atoms with Crippen LogP contribution in [0.5, 0.6) is 0 Å². The third-order valence-electron chi connectivity index (χ3n) is 4.36. The lowest BCUT2D eigenvalue weighted by Crippen LogP contribution is -2.20. The highest BCUT2D eigenvalue weighted by atomic mass is 35.5. The van der Waals surface area contributed by atoms with Gasteiger partial charge in [-0.25, -0.2) is 0 Å². The number of hydrogen-bond donors (Lipinski definition) is 1. The number of pyridine rings is 1. The molecular formula is C17H18ClNO3. The highest BCUT2D eigenvalue weighted by Crippen LogP contribution is 2.29. The van der Waals surface area contributed by atoms with Gasteiger partial charge in [-0.3, -0.25) is 9.59 Å². The lowest BCUT2D eigenvalue weighted by atomic mass is 9.91. The number of carbonyl (C=O) groups is 1. The topological polar surface area (TPSA) is 59.2 Å². The molecule has 0 atom stereocenters. The van der Waals surface area contributed by atoms with E-state index in [0.29, 0.717) is 40.3 Å². The number of benzene rings is 1. The van der Waals surface area contributed by atoms with E-state index in [2.05, 4.69) is 4.98 Å². The number of halogens is 1. The van der Waals surface area contributed by atoms with E-state index in [1.807, 2.05) is 6.92 Å². The van der Waals surface area contributed by atoms with Crippen LogP contribution < -0.4 is 5.43 Å². The Morgan fingerprint density at radius 1 is 1.32 bits per heavy atom. The van der Waals surface area contributed by atoms with Gasteiger partial charge in [0.25, 0.3) is 0 Å². The zero-order valence-corrected chi connectivity index (χ0v) is 13.4. The lowest BCUT2D eigenvalue weighted by molar-refractivity contribution is 0.0844. The van der Waals surface area contributed by atoms with E-state index in [0.717, 1.165) is 18.5 Å². The molecule has 0 saturated carbocycles. The van der Waals surface area contributed by atoms with Crippen molar-refractivity contribution in [3.8, 4) is 0 Å². The summed E-state index contributed by atoms with van der Waals surface area (Å²) in [6.07, 6.45) is 1.76. The maximum absolute atomic E-state index is 12.7. The monoisotopic (exact) mass is 319 g/mol. The van der Waals surface area contributed by atoms with Crippen LogP contribution in [0, 0.1) is 6.92 Å². The van der Waals surface area contributed by atoms with Crippen molar-refractivity contribution in [3.63, 3.8) is 0 Å². The van der Waals surface area contributed by atoms with Gasteiger partial charge in [-0.1, -0.05) is 11.6 Å². The second-order valence-corrected chi connectivity index (χ2v) is 6.25. The number of hydrogen-bond acceptors (Lipinski definition) is 3. The van der Waals surface area contributed by atoms with Crippen molar-refractivity contribution in [2.24, 2.45) is 0 Å². The highest BCUT2D eigenvalue weighted by Gasteiger charge is 2.22. The van der Waals surface area contributed by atoms with E-state index < -0.39 is 0 Å². The molecule has 1 aliphatic heterocycles. The van der Waals surface area contributed by atoms with Crippen molar-refractivity contribution in [2.45, 2.75) is 32.6 Å². The number of fused-ring (bicyclic) bond motifs is 1. The van der Waals surface area contributed by atoms with E-state index >= 15 is 0 Å². The summed E-state index contributed by atoms with van der Waals surface area (Å²) in [5, 5.41) is 0.882. The van der Waals surface area contributed by atoms with Gasteiger partial charge < -0.3 is 9.72 Å². The largest absolute Gasteiger partial charge is 0.381 e. The molecule has 4 nitrogen and oxygen atoms in total. The quantitative estimate of drug-likeness (QED) is 0.861. The number of ketones is 1. The molecule has 0 bridgehead atoms. The minimum Gasteiger partial charge on any atom is -0.381 e. The number of aromatic nitrogens is 1. The summed E-state index contributed by atoms with van der Waals surface area (Å²) in [6.45, 7) is 4.71. The van der Waals surface area contributed by atoms with Gasteiger partial charge in [-0.2, -0.15) is 0 Å². The van der Waals surface area contributed by atoms with Crippen LogP contribution in [0.4, 0.5) is 0 Å². The van der Waals surface area contributed by atoms with Crippen molar-refractivity contribution in [3.05, 3.63) is 44.2 Å². The van der Waals surface area contributed by atoms with Gasteiger partial charge in [-0.15, -0.1) is 0 Å². The zero-order chi connectivity index (χ0) is 15.9. The Morgan fingerprint density at radius 3 is 2.64 bits per heavy atom. The molecule has 0 aliphatic carbocycles. The molecular weight excluding hydrogens is 302 g/mol. The second-order valence-electron chi connectivity index (χ2n) is 5.81. The SMILES string of the molecule is CC(=O)c1cc(Cl)cc2c(=O)c(C)c(C3CCOCC3)[nH]c12. The number of Topliss-reactive ketones (excluding diaryl/α,β-unsaturated/α-hetero) is 1. The maximum atomic E-state index is 12.7. The van der Waals surface area contributed by atoms with E-state index in [-0.39, 0.29) is 17.1 Å². The number of ether oxygens (including phenoxy) is 1. The molecule has 0 unspecified atom stereocenters. The second kappa shape index (κ2) is 5.86. The van der Waals surface area contributed by atoms with Gasteiger partial charge in [0.15, 0.2) is 11.2 Å². The average Bonchev–Trinajstić information content (AvgIpc) is 2.51. The lowest BCUT2D eigenvalue weighted by Gasteiger charge is -2.24. The van der Waals surface area contributed by atoms with Gasteiger partial charge in [0.05, 0.1) is 5.52 Å². The molecule has 116 valence electrons. The van der Waals surface area contributed by atoms with Crippen LogP contribution >= 0.6 is 11.6 Å². The number of aromatic amines is 1. The van der Waals surface area contributed by atoms with Crippen molar-refractivity contribution in [1.82, 2.24) is 4.98 Å². The van der Waals surface area contributed by atoms with Crippen LogP contribution in [-0.2, 0) is 4.74 Å². The highest BCUT2D eigenvalue weighted by molar-refractivity contribution is 6.32. The van der Waals surface area contributed by atoms with E-state index in [1.165, 1.54) is 6.92 Å². The fraction of sp³-hybridized carbons (Fsp3) is 0.412. The molecule has 3 rings (SSSR count). The molecule has 0 radical (unpaired) electrons. The summed E-state index contributed by atoms with van der Waals surface area (Å²) in [7, 11) is 0. The normalized spacial score (nSPS) is 16.1. The molecule has 1 aromatic carbocycles. The molecule has 1 aromatic heterocycles. The Labute approximate surface area is 133 Å². The van der Waals surface area contributed by atoms with Crippen molar-refractivity contribution in [2.75, 3.05) is 13.2 Å². The van der Waals surface area contributed by atoms with Crippen molar-refractivity contribution in [1.29, 1.82) is 0 Å². The third-order valence-corrected chi connectivity index (χ3v) is 4.58. The predicted molar refractivity (Wildman–Crippen MR) is 87.1 cm³/mol. The Hall–Kier alpha value is -1.65. The van der Waals surface area contributed by atoms with Crippen LogP contribution in [0.15, 0.2) is 16.9 Å². The fourth-order valence-electron chi connectivity index (χ4n) is 3.15. The summed E-state index contributed by atoms with van der Waals surface area (Å²) in [5.41, 5.74) is 2.63. The number of H-pyrrole nitrogens is 1. The molecule has 1 aliphatic rings. The third kappa shape index (κ3) is 2.57. The molecule has 2 heterocycles. The summed E-state index contributed by atoms with van der Waals surface area (Å²) in [6, 6.07) is 3.24. The maximum Gasteiger partial charge on any atom is 0.192 e. The Kier molecular flexibility index (Phi) is 4.06. The van der Waals surface area contributed by atoms with Crippen LogP contribution in [0.1, 0.15) is 47.3 Å². The Balaban J connectivity index is 2.29. The molecule has 1 fully saturated rings. The standard InChI is InChI=1S/C17H18ClNO3/c1-9-15(11-3-5-22-6-4-11)19-16-13(10(2)20)7-12(18)8-14(16)17(9)21/h7-8,11H,3-6H2,1-2H3,(H,19,21). The van der Waals surface area contributed by atoms with Gasteiger partial charge >= 0.3 is 0 Å². The van der Waals surface area contributed by atoms with E-state index in [1.54, 1.807) is 12.1 Å². The summed E-state index contributed by atoms with van der Waals surface area (Å²) in [4.78, 5) is 27.9. The molecule has 2 aromatic rings. The van der Waals surface area contributed by atoms with Crippen LogP contribution in [0.25, 0.3) is 10.9 Å². The minimum atomic E-state index is -0.107. The van der Waals surface area contributed by atoms with Gasteiger partial charge in [-0.05, 0) is 38.8 Å². The first-order valence-corrected chi connectivity index (χ1v) is 7.81. The average molecular weight is 320 g/mol. The summed E-state index contributed by atoms with van der Waals surface area (Å²) in [5.74, 6) is 0.159. The van der Waals surface area contributed by atoms with E-state index in [4.69, 9.17) is 16.3 Å². The molecule has 0 spiro atoms. The number of rotatable bonds is 2. The van der Waals surface area contributed by atoms with Crippen LogP contribution in [0.2, 0.25) is 5.02 Å². The molecule has 0 amide bonds. The van der Waals surface area contributed by atoms with Crippen LogP contribution in [-0.4, -0.2) is 24.0 Å². The molecule has 1 saturated heterocycles. The van der Waals surface area contributed by atoms with E-state index in [9.17, 15) is 9.59 Å². The summed E-state index contributed by atoms with van der Waals surface area (Å²) < 4.78 is 5.39.